The highest BCUT2D eigenvalue weighted by Gasteiger charge is 1.99. The van der Waals surface area contributed by atoms with Crippen LogP contribution in [0.1, 0.15) is 0 Å². The first-order chi connectivity index (χ1) is 5.18. The number of nitrogens with zero attached hydrogens (tertiary/aromatic N) is 2. The van der Waals surface area contributed by atoms with Crippen molar-refractivity contribution in [2.75, 3.05) is 5.43 Å². The van der Waals surface area contributed by atoms with E-state index in [1.165, 1.54) is 12.1 Å². The fraction of sp³-hybridized carbons (Fsp3) is 0. The summed E-state index contributed by atoms with van der Waals surface area (Å²) in [5.74, 6) is 0.127. The van der Waals surface area contributed by atoms with Gasteiger partial charge in [0.15, 0.2) is 10.9 Å². The first-order valence-electron chi connectivity index (χ1n) is 2.72. The Morgan fingerprint density at radius 1 is 1.64 bits per heavy atom. The Balaban J connectivity index is 2.79. The summed E-state index contributed by atoms with van der Waals surface area (Å²) < 4.78 is 0. The zero-order chi connectivity index (χ0) is 8.27. The summed E-state index contributed by atoms with van der Waals surface area (Å²) in [6.07, 6.45) is 0. The van der Waals surface area contributed by atoms with E-state index < -0.39 is 5.03 Å². The molecule has 0 aliphatic rings. The van der Waals surface area contributed by atoms with E-state index in [0.717, 1.165) is 0 Å². The Morgan fingerprint density at radius 2 is 2.36 bits per heavy atom. The van der Waals surface area contributed by atoms with Gasteiger partial charge < -0.3 is 0 Å². The molecule has 0 fully saturated rings. The quantitative estimate of drug-likeness (QED) is 0.416. The molecule has 5 nitrogen and oxygen atoms in total. The maximum Gasteiger partial charge on any atom is 0.192 e. The van der Waals surface area contributed by atoms with Crippen LogP contribution in [-0.2, 0) is 0 Å². The summed E-state index contributed by atoms with van der Waals surface area (Å²) in [5, 5.41) is 9.41. The van der Waals surface area contributed by atoms with Gasteiger partial charge in [-0.25, -0.2) is 15.1 Å². The highest BCUT2D eigenvalue weighted by Crippen LogP contribution is 2.08. The highest BCUT2D eigenvalue weighted by molar-refractivity contribution is 6.29. The second-order valence-electron chi connectivity index (χ2n) is 1.71. The lowest BCUT2D eigenvalue weighted by Crippen LogP contribution is -2.08. The molecule has 0 unspecified atom stereocenters. The molecule has 6 heteroatoms. The average molecular weight is 174 g/mol. The fourth-order valence-electron chi connectivity index (χ4n) is 0.564. The third-order valence-electron chi connectivity index (χ3n) is 0.921. The molecule has 1 heterocycles. The monoisotopic (exact) mass is 173 g/mol. The van der Waals surface area contributed by atoms with Crippen LogP contribution in [0, 0.1) is 10.1 Å². The minimum Gasteiger partial charge on any atom is -0.234 e. The summed E-state index contributed by atoms with van der Waals surface area (Å²) >= 11 is 5.45. The van der Waals surface area contributed by atoms with E-state index in [0.29, 0.717) is 0 Å². The molecule has 0 saturated heterocycles. The SMILES string of the molecule is O=[N+]([O-])Nc1cccc(Cl)n1. The molecular formula is C5H4ClN3O2. The number of nitrogens with one attached hydrogen (secondary N) is 1. The standard InChI is InChI=1S/C5H4ClN3O2/c6-4-2-1-3-5(7-4)8-9(10)11/h1-3H,(H,7,8). The van der Waals surface area contributed by atoms with Crippen molar-refractivity contribution in [3.63, 3.8) is 0 Å². The summed E-state index contributed by atoms with van der Waals surface area (Å²) in [7, 11) is 0. The fourth-order valence-corrected chi connectivity index (χ4v) is 0.728. The minimum atomic E-state index is -0.696. The van der Waals surface area contributed by atoms with Gasteiger partial charge in [-0.1, -0.05) is 23.1 Å². The van der Waals surface area contributed by atoms with E-state index in [9.17, 15) is 10.1 Å². The lowest BCUT2D eigenvalue weighted by Gasteiger charge is -1.94. The third kappa shape index (κ3) is 2.38. The molecule has 11 heavy (non-hydrogen) atoms. The largest absolute Gasteiger partial charge is 0.234 e. The van der Waals surface area contributed by atoms with Gasteiger partial charge in [0.1, 0.15) is 5.15 Å². The van der Waals surface area contributed by atoms with Gasteiger partial charge in [-0.05, 0) is 12.1 Å². The van der Waals surface area contributed by atoms with E-state index >= 15 is 0 Å². The first-order valence-corrected chi connectivity index (χ1v) is 3.10. The normalized spacial score (nSPS) is 9.18. The number of aromatic nitrogens is 1. The lowest BCUT2D eigenvalue weighted by atomic mass is 10.5. The van der Waals surface area contributed by atoms with Crippen LogP contribution in [0.2, 0.25) is 5.15 Å². The van der Waals surface area contributed by atoms with E-state index in [1.54, 1.807) is 6.07 Å². The number of halogens is 1. The molecule has 1 aromatic heterocycles. The molecule has 0 amide bonds. The number of pyridine rings is 1. The Labute approximate surface area is 67.1 Å². The third-order valence-corrected chi connectivity index (χ3v) is 1.13. The molecule has 0 aliphatic heterocycles. The molecule has 1 rings (SSSR count). The van der Waals surface area contributed by atoms with E-state index in [-0.39, 0.29) is 11.0 Å². The van der Waals surface area contributed by atoms with Crippen molar-refractivity contribution in [1.29, 1.82) is 0 Å². The van der Waals surface area contributed by atoms with Gasteiger partial charge >= 0.3 is 0 Å². The van der Waals surface area contributed by atoms with Crippen LogP contribution >= 0.6 is 11.6 Å². The average Bonchev–Trinajstić information content (AvgIpc) is 1.85. The summed E-state index contributed by atoms with van der Waals surface area (Å²) in [6.45, 7) is 0. The van der Waals surface area contributed by atoms with Crippen LogP contribution in [0.3, 0.4) is 0 Å². The van der Waals surface area contributed by atoms with E-state index in [1.807, 2.05) is 5.43 Å². The van der Waals surface area contributed by atoms with Crippen LogP contribution in [0.5, 0.6) is 0 Å². The molecule has 0 spiro atoms. The Hall–Kier alpha value is -1.36. The van der Waals surface area contributed by atoms with Crippen molar-refractivity contribution in [3.8, 4) is 0 Å². The second kappa shape index (κ2) is 3.16. The van der Waals surface area contributed by atoms with Gasteiger partial charge in [0.25, 0.3) is 0 Å². The molecule has 1 N–H and O–H groups in total. The number of hydrazine groups is 1. The van der Waals surface area contributed by atoms with Gasteiger partial charge in [-0.3, -0.25) is 0 Å². The van der Waals surface area contributed by atoms with Crippen molar-refractivity contribution in [2.45, 2.75) is 0 Å². The predicted octanol–water partition coefficient (Wildman–Crippen LogP) is 1.34. The van der Waals surface area contributed by atoms with Crippen molar-refractivity contribution in [3.05, 3.63) is 33.5 Å². The van der Waals surface area contributed by atoms with Crippen LogP contribution < -0.4 is 5.43 Å². The minimum absolute atomic E-state index is 0.127. The second-order valence-corrected chi connectivity index (χ2v) is 2.10. The van der Waals surface area contributed by atoms with Crippen molar-refractivity contribution in [1.82, 2.24) is 4.98 Å². The smallest absolute Gasteiger partial charge is 0.192 e. The molecule has 0 radical (unpaired) electrons. The molecule has 1 aromatic rings. The molecule has 0 saturated carbocycles. The lowest BCUT2D eigenvalue weighted by molar-refractivity contribution is -0.445. The molecule has 0 atom stereocenters. The molecule has 0 bridgehead atoms. The van der Waals surface area contributed by atoms with E-state index in [4.69, 9.17) is 11.6 Å². The van der Waals surface area contributed by atoms with Gasteiger partial charge in [0.05, 0.1) is 0 Å². The van der Waals surface area contributed by atoms with Crippen molar-refractivity contribution >= 4 is 17.4 Å². The van der Waals surface area contributed by atoms with Crippen molar-refractivity contribution in [2.24, 2.45) is 0 Å². The number of anilines is 1. The number of rotatable bonds is 2. The summed E-state index contributed by atoms with van der Waals surface area (Å²) in [5.41, 5.74) is 1.87. The van der Waals surface area contributed by atoms with Crippen LogP contribution in [0.25, 0.3) is 0 Å². The van der Waals surface area contributed by atoms with Crippen LogP contribution in [0.4, 0.5) is 5.82 Å². The van der Waals surface area contributed by atoms with Crippen molar-refractivity contribution < 1.29 is 5.03 Å². The first kappa shape index (κ1) is 7.74. The zero-order valence-electron chi connectivity index (χ0n) is 5.32. The van der Waals surface area contributed by atoms with Gasteiger partial charge in [-0.2, -0.15) is 0 Å². The van der Waals surface area contributed by atoms with Gasteiger partial charge in [-0.15, -0.1) is 0 Å². The Morgan fingerprint density at radius 3 is 2.91 bits per heavy atom. The maximum atomic E-state index is 9.89. The van der Waals surface area contributed by atoms with Crippen LogP contribution in [-0.4, -0.2) is 10.0 Å². The molecular weight excluding hydrogens is 170 g/mol. The zero-order valence-corrected chi connectivity index (χ0v) is 6.08. The Kier molecular flexibility index (Phi) is 2.22. The molecule has 0 aromatic carbocycles. The molecule has 0 aliphatic carbocycles. The van der Waals surface area contributed by atoms with E-state index in [2.05, 4.69) is 4.98 Å². The Bertz CT molecular complexity index is 278. The number of hydrogen-bond donors (Lipinski definition) is 1. The van der Waals surface area contributed by atoms with Gasteiger partial charge in [0.2, 0.25) is 0 Å². The topological polar surface area (TPSA) is 68.1 Å². The summed E-state index contributed by atoms with van der Waals surface area (Å²) in [6, 6.07) is 4.56. The molecule has 58 valence electrons. The highest BCUT2D eigenvalue weighted by atomic mass is 35.5. The number of hydrogen-bond acceptors (Lipinski definition) is 3. The predicted molar refractivity (Wildman–Crippen MR) is 39.9 cm³/mol. The van der Waals surface area contributed by atoms with Gasteiger partial charge in [0, 0.05) is 0 Å². The summed E-state index contributed by atoms with van der Waals surface area (Å²) in [4.78, 5) is 13.5. The number of nitro groups is 1. The van der Waals surface area contributed by atoms with Crippen LogP contribution in [0.15, 0.2) is 18.2 Å². The maximum absolute atomic E-state index is 9.89.